The summed E-state index contributed by atoms with van der Waals surface area (Å²) in [5, 5.41) is 0. The van der Waals surface area contributed by atoms with Gasteiger partial charge in [0.2, 0.25) is 0 Å². The molecule has 0 radical (unpaired) electrons. The molecule has 0 fully saturated rings. The van der Waals surface area contributed by atoms with Gasteiger partial charge < -0.3 is 0 Å². The molecule has 10 heavy (non-hydrogen) atoms. The van der Waals surface area contributed by atoms with E-state index in [0.717, 1.165) is 0 Å². The molecule has 0 saturated carbocycles. The van der Waals surface area contributed by atoms with Crippen LogP contribution in [0.5, 0.6) is 0 Å². The molecule has 0 nitrogen and oxygen atoms in total. The first-order chi connectivity index (χ1) is 4.56. The van der Waals surface area contributed by atoms with E-state index in [9.17, 15) is 0 Å². The molecule has 0 heterocycles. The van der Waals surface area contributed by atoms with Crippen LogP contribution in [0.25, 0.3) is 0 Å². The van der Waals surface area contributed by atoms with Crippen LogP contribution in [-0.2, 0) is 0 Å². The van der Waals surface area contributed by atoms with Crippen LogP contribution in [0.4, 0.5) is 0 Å². The molecule has 0 N–H and O–H groups in total. The minimum Gasteiger partial charge on any atom is -0.0912 e. The highest BCUT2D eigenvalue weighted by Crippen LogP contribution is 2.08. The topological polar surface area (TPSA) is 0 Å². The Bertz CT molecular complexity index is 97.8. The molecule has 1 heteroatoms. The Labute approximate surface area is 66.4 Å². The van der Waals surface area contributed by atoms with E-state index < -0.39 is 8.07 Å². The third-order valence-corrected chi connectivity index (χ3v) is 2.81. The summed E-state index contributed by atoms with van der Waals surface area (Å²) >= 11 is 0. The van der Waals surface area contributed by atoms with E-state index in [1.165, 1.54) is 18.9 Å². The van der Waals surface area contributed by atoms with Gasteiger partial charge >= 0.3 is 0 Å². The van der Waals surface area contributed by atoms with Gasteiger partial charge in [0.05, 0.1) is 0 Å². The number of unbranched alkanes of at least 4 members (excludes halogenated alkanes) is 1. The normalized spacial score (nSPS) is 12.8. The van der Waals surface area contributed by atoms with Crippen LogP contribution in [0.15, 0.2) is 12.2 Å². The van der Waals surface area contributed by atoms with Gasteiger partial charge in [-0.05, 0) is 12.5 Å². The first-order valence-electron chi connectivity index (χ1n) is 4.21. The van der Waals surface area contributed by atoms with E-state index in [1.54, 1.807) is 0 Å². The summed E-state index contributed by atoms with van der Waals surface area (Å²) in [6.07, 6.45) is 7.21. The van der Waals surface area contributed by atoms with Crippen molar-refractivity contribution in [3.63, 3.8) is 0 Å². The van der Waals surface area contributed by atoms with Crippen LogP contribution in [0, 0.1) is 0 Å². The zero-order valence-electron chi connectivity index (χ0n) is 7.78. The maximum absolute atomic E-state index is 2.41. The van der Waals surface area contributed by atoms with Gasteiger partial charge in [0.15, 0.2) is 0 Å². The molecule has 0 unspecified atom stereocenters. The minimum atomic E-state index is -0.794. The molecule has 0 atom stereocenters. The number of allylic oxidation sites excluding steroid dienone is 2. The lowest BCUT2D eigenvalue weighted by Crippen LogP contribution is -2.17. The van der Waals surface area contributed by atoms with Gasteiger partial charge in [0, 0.05) is 8.07 Å². The molecule has 0 spiro atoms. The first kappa shape index (κ1) is 9.96. The molecule has 0 amide bonds. The van der Waals surface area contributed by atoms with Crippen LogP contribution in [-0.4, -0.2) is 8.07 Å². The highest BCUT2D eigenvalue weighted by atomic mass is 28.3. The fourth-order valence-electron chi connectivity index (χ4n) is 0.721. The largest absolute Gasteiger partial charge is 0.0912 e. The second kappa shape index (κ2) is 4.72. The second-order valence-electron chi connectivity index (χ2n) is 4.02. The van der Waals surface area contributed by atoms with Crippen molar-refractivity contribution in [2.75, 3.05) is 0 Å². The highest BCUT2D eigenvalue weighted by Gasteiger charge is 2.08. The molecule has 0 aliphatic heterocycles. The van der Waals surface area contributed by atoms with Crippen LogP contribution in [0.1, 0.15) is 19.8 Å². The van der Waals surface area contributed by atoms with Gasteiger partial charge in [-0.15, -0.1) is 0 Å². The summed E-state index contributed by atoms with van der Waals surface area (Å²) in [5.74, 6) is 0. The van der Waals surface area contributed by atoms with Crippen molar-refractivity contribution in [2.45, 2.75) is 45.5 Å². The molecular formula is C9H20Si. The Hall–Kier alpha value is -0.0431. The van der Waals surface area contributed by atoms with E-state index in [2.05, 4.69) is 38.7 Å². The van der Waals surface area contributed by atoms with E-state index >= 15 is 0 Å². The predicted molar refractivity (Wildman–Crippen MR) is 52.2 cm³/mol. The van der Waals surface area contributed by atoms with Gasteiger partial charge in [-0.1, -0.05) is 45.1 Å². The first-order valence-corrected chi connectivity index (χ1v) is 7.92. The van der Waals surface area contributed by atoms with Gasteiger partial charge in [-0.3, -0.25) is 0 Å². The second-order valence-corrected chi connectivity index (χ2v) is 9.55. The zero-order chi connectivity index (χ0) is 8.04. The molecule has 0 aromatic carbocycles. The maximum Gasteiger partial charge on any atom is 0.0480 e. The molecular weight excluding hydrogens is 136 g/mol. The van der Waals surface area contributed by atoms with Crippen LogP contribution < -0.4 is 0 Å². The fourth-order valence-corrected chi connectivity index (χ4v) is 1.60. The lowest BCUT2D eigenvalue weighted by atomic mass is 10.3. The van der Waals surface area contributed by atoms with E-state index in [4.69, 9.17) is 0 Å². The summed E-state index contributed by atoms with van der Waals surface area (Å²) < 4.78 is 0. The molecule has 0 rings (SSSR count). The van der Waals surface area contributed by atoms with Gasteiger partial charge in [0.1, 0.15) is 0 Å². The molecule has 60 valence electrons. The number of hydrogen-bond donors (Lipinski definition) is 0. The Morgan fingerprint density at radius 2 is 1.70 bits per heavy atom. The number of rotatable bonds is 4. The van der Waals surface area contributed by atoms with Crippen molar-refractivity contribution in [1.29, 1.82) is 0 Å². The Kier molecular flexibility index (Phi) is 4.70. The Morgan fingerprint density at radius 3 is 2.10 bits per heavy atom. The van der Waals surface area contributed by atoms with Crippen LogP contribution >= 0.6 is 0 Å². The quantitative estimate of drug-likeness (QED) is 0.430. The molecule has 0 aromatic rings. The third kappa shape index (κ3) is 7.96. The Balaban J connectivity index is 3.34. The molecule has 0 saturated heterocycles. The van der Waals surface area contributed by atoms with Crippen molar-refractivity contribution in [2.24, 2.45) is 0 Å². The molecule has 0 aliphatic carbocycles. The van der Waals surface area contributed by atoms with E-state index in [-0.39, 0.29) is 0 Å². The van der Waals surface area contributed by atoms with Crippen molar-refractivity contribution in [1.82, 2.24) is 0 Å². The van der Waals surface area contributed by atoms with Gasteiger partial charge in [-0.25, -0.2) is 0 Å². The monoisotopic (exact) mass is 156 g/mol. The maximum atomic E-state index is 2.41. The molecule has 0 aromatic heterocycles. The van der Waals surface area contributed by atoms with Crippen molar-refractivity contribution >= 4 is 8.07 Å². The Morgan fingerprint density at radius 1 is 1.10 bits per heavy atom. The summed E-state index contributed by atoms with van der Waals surface area (Å²) in [4.78, 5) is 0. The van der Waals surface area contributed by atoms with E-state index in [0.29, 0.717) is 0 Å². The summed E-state index contributed by atoms with van der Waals surface area (Å²) in [7, 11) is -0.794. The smallest absolute Gasteiger partial charge is 0.0480 e. The average Bonchev–Trinajstić information content (AvgIpc) is 1.78. The highest BCUT2D eigenvalue weighted by molar-refractivity contribution is 6.76. The van der Waals surface area contributed by atoms with Crippen molar-refractivity contribution in [3.8, 4) is 0 Å². The van der Waals surface area contributed by atoms with Crippen molar-refractivity contribution < 1.29 is 0 Å². The molecule has 0 bridgehead atoms. The SMILES string of the molecule is CCC/C=C\C[Si](C)(C)C. The predicted octanol–water partition coefficient (Wildman–Crippen LogP) is 3.68. The van der Waals surface area contributed by atoms with Gasteiger partial charge in [0.25, 0.3) is 0 Å². The average molecular weight is 156 g/mol. The molecule has 0 aliphatic rings. The lowest BCUT2D eigenvalue weighted by Gasteiger charge is -2.11. The van der Waals surface area contributed by atoms with Crippen LogP contribution in [0.3, 0.4) is 0 Å². The van der Waals surface area contributed by atoms with Crippen LogP contribution in [0.2, 0.25) is 25.7 Å². The fraction of sp³-hybridized carbons (Fsp3) is 0.778. The lowest BCUT2D eigenvalue weighted by molar-refractivity contribution is 0.956. The van der Waals surface area contributed by atoms with Gasteiger partial charge in [-0.2, -0.15) is 0 Å². The minimum absolute atomic E-state index is 0.794. The van der Waals surface area contributed by atoms with Crippen molar-refractivity contribution in [3.05, 3.63) is 12.2 Å². The summed E-state index contributed by atoms with van der Waals surface area (Å²) in [6, 6.07) is 1.34. The summed E-state index contributed by atoms with van der Waals surface area (Å²) in [6.45, 7) is 9.44. The van der Waals surface area contributed by atoms with E-state index in [1.807, 2.05) is 0 Å². The third-order valence-electron chi connectivity index (χ3n) is 1.35. The zero-order valence-corrected chi connectivity index (χ0v) is 8.78. The standard InChI is InChI=1S/C9H20Si/c1-5-6-7-8-9-10(2,3)4/h7-8H,5-6,9H2,1-4H3/b8-7-. The number of hydrogen-bond acceptors (Lipinski definition) is 0. The summed E-state index contributed by atoms with van der Waals surface area (Å²) in [5.41, 5.74) is 0.